The molecule has 0 saturated carbocycles. The Kier molecular flexibility index (Phi) is 9.43. The van der Waals surface area contributed by atoms with Gasteiger partial charge in [-0.05, 0) is 126 Å². The van der Waals surface area contributed by atoms with E-state index in [9.17, 15) is 10.2 Å². The molecule has 4 aromatic carbocycles. The number of nitrogens with zero attached hydrogens (tertiary/aromatic N) is 4. The minimum atomic E-state index is 0.0680. The third-order valence-electron chi connectivity index (χ3n) is 10.3. The highest BCUT2D eigenvalue weighted by Gasteiger charge is 2.35. The van der Waals surface area contributed by atoms with Gasteiger partial charge >= 0.3 is 0 Å². The predicted molar refractivity (Wildman–Crippen MR) is 196 cm³/mol. The van der Waals surface area contributed by atoms with Crippen molar-refractivity contribution < 1.29 is 24.4 Å². The summed E-state index contributed by atoms with van der Waals surface area (Å²) in [6, 6.07) is 16.5. The molecular weight excluding hydrogens is 628 g/mol. The quantitative estimate of drug-likeness (QED) is 0.168. The molecule has 0 saturated heterocycles. The molecule has 0 bridgehead atoms. The first-order chi connectivity index (χ1) is 24.0. The molecule has 7 rings (SSSR count). The summed E-state index contributed by atoms with van der Waals surface area (Å²) in [4.78, 5) is 8.82. The first kappa shape index (κ1) is 34.2. The lowest BCUT2D eigenvalue weighted by Crippen LogP contribution is -2.33. The molecule has 4 aromatic rings. The van der Waals surface area contributed by atoms with E-state index >= 15 is 0 Å². The standard InChI is InChI=1S/C41H50N4O5/c1-8-25-9-11-29(12-10-25)48-37-19-26(17-28(38(37)46)22-42(2)3)18-34-31-21-36-35(20-27(31)13-16-45(34)7)50-41-39(47)32(23-43(4)5)30-14-15-44(6)24-33(30)40(41)49-36/h9-12,17,19-21,34,46-47H,8,13-16,18,22-24H2,1-7H3. The van der Waals surface area contributed by atoms with Gasteiger partial charge in [-0.25, -0.2) is 0 Å². The van der Waals surface area contributed by atoms with Crippen LogP contribution in [0.5, 0.6) is 46.0 Å². The van der Waals surface area contributed by atoms with E-state index in [1.807, 2.05) is 46.4 Å². The lowest BCUT2D eigenvalue weighted by Gasteiger charge is -2.37. The molecule has 3 aliphatic heterocycles. The third kappa shape index (κ3) is 6.63. The number of aromatic hydroxyl groups is 2. The second-order valence-corrected chi connectivity index (χ2v) is 14.8. The van der Waals surface area contributed by atoms with E-state index < -0.39 is 0 Å². The molecule has 1 atom stereocenters. The topological polar surface area (TPSA) is 81.1 Å². The molecular formula is C41H50N4O5. The van der Waals surface area contributed by atoms with Crippen LogP contribution in [-0.4, -0.2) is 85.2 Å². The highest BCUT2D eigenvalue weighted by Crippen LogP contribution is 2.56. The van der Waals surface area contributed by atoms with Crippen molar-refractivity contribution in [2.75, 3.05) is 55.4 Å². The average Bonchev–Trinajstić information content (AvgIpc) is 3.08. The van der Waals surface area contributed by atoms with Gasteiger partial charge in [0.2, 0.25) is 5.75 Å². The zero-order valence-electron chi connectivity index (χ0n) is 30.5. The molecule has 0 radical (unpaired) electrons. The van der Waals surface area contributed by atoms with Crippen molar-refractivity contribution in [2.24, 2.45) is 0 Å². The fraction of sp³-hybridized carbons (Fsp3) is 0.415. The van der Waals surface area contributed by atoms with Crippen LogP contribution in [0, 0.1) is 0 Å². The normalized spacial score (nSPS) is 17.1. The first-order valence-corrected chi connectivity index (χ1v) is 17.7. The van der Waals surface area contributed by atoms with Crippen LogP contribution in [0.25, 0.3) is 0 Å². The number of ether oxygens (including phenoxy) is 3. The van der Waals surface area contributed by atoms with Crippen LogP contribution in [0.1, 0.15) is 57.5 Å². The Balaban J connectivity index is 1.24. The van der Waals surface area contributed by atoms with E-state index in [-0.39, 0.29) is 17.5 Å². The molecule has 1 unspecified atom stereocenters. The highest BCUT2D eigenvalue weighted by molar-refractivity contribution is 5.69. The zero-order chi connectivity index (χ0) is 35.3. The van der Waals surface area contributed by atoms with Gasteiger partial charge in [0.05, 0.1) is 0 Å². The maximum absolute atomic E-state index is 11.6. The monoisotopic (exact) mass is 678 g/mol. The van der Waals surface area contributed by atoms with Gasteiger partial charge in [-0.15, -0.1) is 0 Å². The second-order valence-electron chi connectivity index (χ2n) is 14.8. The maximum atomic E-state index is 11.6. The van der Waals surface area contributed by atoms with Gasteiger partial charge in [-0.1, -0.05) is 25.1 Å². The van der Waals surface area contributed by atoms with E-state index in [2.05, 4.69) is 71.0 Å². The molecule has 0 amide bonds. The number of phenolic OH excluding ortho intramolecular Hbond substituents is 2. The number of aryl methyl sites for hydroxylation is 1. The third-order valence-corrected chi connectivity index (χ3v) is 10.3. The van der Waals surface area contributed by atoms with Gasteiger partial charge in [0.15, 0.2) is 34.5 Å². The molecule has 0 spiro atoms. The number of likely N-dealkylation sites (N-methyl/N-ethyl adjacent to an activating group) is 2. The fourth-order valence-corrected chi connectivity index (χ4v) is 7.66. The molecule has 0 aromatic heterocycles. The van der Waals surface area contributed by atoms with Crippen molar-refractivity contribution in [1.29, 1.82) is 0 Å². The SMILES string of the molecule is CCc1ccc(Oc2cc(CC3c4cc5c(cc4CCN3C)Oc3c(O)c(CN(C)C)c4c(c3O5)CN(C)CC4)cc(CN(C)C)c2O)cc1. The Bertz CT molecular complexity index is 1910. The number of rotatable bonds is 9. The van der Waals surface area contributed by atoms with Crippen molar-refractivity contribution >= 4 is 0 Å². The lowest BCUT2D eigenvalue weighted by molar-refractivity contribution is 0.227. The summed E-state index contributed by atoms with van der Waals surface area (Å²) in [6.45, 7) is 5.90. The van der Waals surface area contributed by atoms with Gasteiger partial charge in [-0.2, -0.15) is 0 Å². The number of fused-ring (bicyclic) bond motifs is 5. The molecule has 2 N–H and O–H groups in total. The van der Waals surface area contributed by atoms with Crippen LogP contribution in [-0.2, 0) is 45.3 Å². The van der Waals surface area contributed by atoms with Crippen molar-refractivity contribution in [3.63, 3.8) is 0 Å². The average molecular weight is 679 g/mol. The van der Waals surface area contributed by atoms with E-state index in [1.54, 1.807) is 0 Å². The molecule has 9 heteroatoms. The van der Waals surface area contributed by atoms with Crippen LogP contribution in [0.4, 0.5) is 0 Å². The summed E-state index contributed by atoms with van der Waals surface area (Å²) < 4.78 is 19.6. The molecule has 3 aliphatic rings. The Hall–Kier alpha value is -4.28. The molecule has 3 heterocycles. The fourth-order valence-electron chi connectivity index (χ4n) is 7.66. The number of hydrogen-bond donors (Lipinski definition) is 2. The molecule has 264 valence electrons. The van der Waals surface area contributed by atoms with Crippen molar-refractivity contribution in [3.05, 3.63) is 93.0 Å². The van der Waals surface area contributed by atoms with Gasteiger partial charge < -0.3 is 39.1 Å². The van der Waals surface area contributed by atoms with Crippen LogP contribution in [0.15, 0.2) is 48.5 Å². The van der Waals surface area contributed by atoms with E-state index in [0.29, 0.717) is 47.6 Å². The molecule has 0 aliphatic carbocycles. The van der Waals surface area contributed by atoms with E-state index in [4.69, 9.17) is 14.2 Å². The number of benzene rings is 4. The van der Waals surface area contributed by atoms with Gasteiger partial charge in [0.25, 0.3) is 0 Å². The summed E-state index contributed by atoms with van der Waals surface area (Å²) in [5.74, 6) is 3.86. The van der Waals surface area contributed by atoms with Crippen LogP contribution < -0.4 is 14.2 Å². The Morgan fingerprint density at radius 1 is 0.800 bits per heavy atom. The van der Waals surface area contributed by atoms with Crippen molar-refractivity contribution in [2.45, 2.75) is 58.3 Å². The molecule has 9 nitrogen and oxygen atoms in total. The zero-order valence-corrected chi connectivity index (χ0v) is 30.5. The summed E-state index contributed by atoms with van der Waals surface area (Å²) in [6.07, 6.45) is 3.40. The first-order valence-electron chi connectivity index (χ1n) is 17.7. The van der Waals surface area contributed by atoms with Crippen LogP contribution >= 0.6 is 0 Å². The lowest BCUT2D eigenvalue weighted by atomic mass is 9.87. The number of phenols is 2. The summed E-state index contributed by atoms with van der Waals surface area (Å²) in [7, 11) is 12.3. The molecule has 50 heavy (non-hydrogen) atoms. The Morgan fingerprint density at radius 3 is 2.24 bits per heavy atom. The van der Waals surface area contributed by atoms with Crippen molar-refractivity contribution in [3.8, 4) is 46.0 Å². The molecule has 0 fully saturated rings. The van der Waals surface area contributed by atoms with Gasteiger partial charge in [-0.3, -0.25) is 4.90 Å². The number of hydrogen-bond acceptors (Lipinski definition) is 9. The van der Waals surface area contributed by atoms with Gasteiger partial charge in [0.1, 0.15) is 5.75 Å². The highest BCUT2D eigenvalue weighted by atomic mass is 16.6. The smallest absolute Gasteiger partial charge is 0.212 e. The summed E-state index contributed by atoms with van der Waals surface area (Å²) >= 11 is 0. The van der Waals surface area contributed by atoms with Crippen LogP contribution in [0.2, 0.25) is 0 Å². The Labute approximate surface area is 296 Å². The predicted octanol–water partition coefficient (Wildman–Crippen LogP) is 7.23. The van der Waals surface area contributed by atoms with E-state index in [1.165, 1.54) is 16.7 Å². The minimum Gasteiger partial charge on any atom is -0.504 e. The van der Waals surface area contributed by atoms with Gasteiger partial charge in [0, 0.05) is 55.5 Å². The summed E-state index contributed by atoms with van der Waals surface area (Å²) in [5.41, 5.74) is 8.74. The Morgan fingerprint density at radius 2 is 1.52 bits per heavy atom. The van der Waals surface area contributed by atoms with Crippen molar-refractivity contribution in [1.82, 2.24) is 19.6 Å². The second kappa shape index (κ2) is 13.8. The minimum absolute atomic E-state index is 0.0680. The van der Waals surface area contributed by atoms with Crippen LogP contribution in [0.3, 0.4) is 0 Å². The summed E-state index contributed by atoms with van der Waals surface area (Å²) in [5, 5.41) is 22.9. The van der Waals surface area contributed by atoms with E-state index in [0.717, 1.165) is 73.1 Å². The maximum Gasteiger partial charge on any atom is 0.212 e. The largest absolute Gasteiger partial charge is 0.504 e.